The van der Waals surface area contributed by atoms with Crippen molar-refractivity contribution >= 4 is 34.4 Å². The van der Waals surface area contributed by atoms with Crippen molar-refractivity contribution in [2.75, 3.05) is 6.61 Å². The van der Waals surface area contributed by atoms with Crippen LogP contribution in [0.1, 0.15) is 21.5 Å². The summed E-state index contributed by atoms with van der Waals surface area (Å²) in [6.07, 6.45) is 2.90. The standard InChI is InChI=1S/C20H13ClO4/c1-11-2-4-17-15(6-11)19(22)12(9-24-17)7-13-10-25-18-5-3-14(21)8-16(18)20(13)23/h2-9H,10H2,1H3/b13-7+. The Balaban J connectivity index is 1.82. The van der Waals surface area contributed by atoms with Gasteiger partial charge in [-0.15, -0.1) is 0 Å². The second-order valence-corrected chi connectivity index (χ2v) is 6.38. The van der Waals surface area contributed by atoms with Crippen molar-refractivity contribution in [2.45, 2.75) is 6.92 Å². The van der Waals surface area contributed by atoms with Gasteiger partial charge in [-0.2, -0.15) is 0 Å². The monoisotopic (exact) mass is 352 g/mol. The SMILES string of the molecule is Cc1ccc2occ(/C=C3\COc4ccc(Cl)cc4C3=O)c(=O)c2c1. The molecule has 25 heavy (non-hydrogen) atoms. The van der Waals surface area contributed by atoms with Crippen LogP contribution in [-0.2, 0) is 0 Å². The van der Waals surface area contributed by atoms with Gasteiger partial charge in [0, 0.05) is 10.6 Å². The molecule has 0 bridgehead atoms. The van der Waals surface area contributed by atoms with Gasteiger partial charge in [0.2, 0.25) is 0 Å². The molecule has 0 atom stereocenters. The van der Waals surface area contributed by atoms with Crippen molar-refractivity contribution in [3.63, 3.8) is 0 Å². The van der Waals surface area contributed by atoms with E-state index >= 15 is 0 Å². The first-order chi connectivity index (χ1) is 12.0. The Labute approximate surface area is 148 Å². The number of carbonyl (C=O) groups is 1. The molecule has 2 heterocycles. The summed E-state index contributed by atoms with van der Waals surface area (Å²) >= 11 is 5.96. The Bertz CT molecular complexity index is 1110. The van der Waals surface area contributed by atoms with Crippen LogP contribution in [0, 0.1) is 6.92 Å². The summed E-state index contributed by atoms with van der Waals surface area (Å²) < 4.78 is 11.1. The molecular formula is C20H13ClO4. The van der Waals surface area contributed by atoms with Gasteiger partial charge in [0.25, 0.3) is 0 Å². The molecule has 4 rings (SSSR count). The first-order valence-electron chi connectivity index (χ1n) is 7.73. The molecule has 0 radical (unpaired) electrons. The minimum atomic E-state index is -0.201. The van der Waals surface area contributed by atoms with Crippen LogP contribution in [0.25, 0.3) is 17.0 Å². The second kappa shape index (κ2) is 5.90. The average molecular weight is 353 g/mol. The van der Waals surface area contributed by atoms with Crippen molar-refractivity contribution in [3.8, 4) is 5.75 Å². The molecular weight excluding hydrogens is 340 g/mol. The van der Waals surface area contributed by atoms with Gasteiger partial charge in [0.15, 0.2) is 11.2 Å². The maximum atomic E-state index is 12.7. The Kier molecular flexibility index (Phi) is 3.70. The highest BCUT2D eigenvalue weighted by molar-refractivity contribution is 6.31. The number of aryl methyl sites for hydroxylation is 1. The largest absolute Gasteiger partial charge is 0.488 e. The lowest BCUT2D eigenvalue weighted by molar-refractivity contribution is 0.100. The van der Waals surface area contributed by atoms with Crippen molar-refractivity contribution in [1.29, 1.82) is 0 Å². The number of ketones is 1. The van der Waals surface area contributed by atoms with Crippen LogP contribution in [0.3, 0.4) is 0 Å². The van der Waals surface area contributed by atoms with Gasteiger partial charge >= 0.3 is 0 Å². The summed E-state index contributed by atoms with van der Waals surface area (Å²) in [4.78, 5) is 25.3. The molecule has 0 N–H and O–H groups in total. The molecule has 0 fully saturated rings. The van der Waals surface area contributed by atoms with Crippen LogP contribution < -0.4 is 10.2 Å². The van der Waals surface area contributed by atoms with E-state index in [2.05, 4.69) is 0 Å². The fraction of sp³-hybridized carbons (Fsp3) is 0.100. The number of halogens is 1. The number of fused-ring (bicyclic) bond motifs is 2. The van der Waals surface area contributed by atoms with E-state index in [1.165, 1.54) is 12.3 Å². The van der Waals surface area contributed by atoms with Gasteiger partial charge in [0.1, 0.15) is 24.2 Å². The summed E-state index contributed by atoms with van der Waals surface area (Å²) in [5.74, 6) is 0.292. The smallest absolute Gasteiger partial charge is 0.199 e. The molecule has 0 aliphatic carbocycles. The van der Waals surface area contributed by atoms with Crippen molar-refractivity contribution < 1.29 is 13.9 Å². The van der Waals surface area contributed by atoms with Crippen molar-refractivity contribution in [1.82, 2.24) is 0 Å². The zero-order valence-corrected chi connectivity index (χ0v) is 14.1. The normalized spacial score (nSPS) is 15.3. The number of Topliss-reactive ketones (excluding diaryl/α,β-unsaturated/α-hetero) is 1. The molecule has 3 aromatic rings. The minimum Gasteiger partial charge on any atom is -0.488 e. The molecule has 1 aromatic heterocycles. The average Bonchev–Trinajstić information content (AvgIpc) is 2.60. The van der Waals surface area contributed by atoms with Crippen molar-refractivity contribution in [3.05, 3.63) is 80.2 Å². The van der Waals surface area contributed by atoms with Crippen LogP contribution in [0.4, 0.5) is 0 Å². The summed E-state index contributed by atoms with van der Waals surface area (Å²) in [7, 11) is 0. The van der Waals surface area contributed by atoms with Crippen LogP contribution in [0.2, 0.25) is 5.02 Å². The van der Waals surface area contributed by atoms with E-state index in [0.717, 1.165) is 5.56 Å². The van der Waals surface area contributed by atoms with Crippen LogP contribution in [0.5, 0.6) is 5.75 Å². The highest BCUT2D eigenvalue weighted by Gasteiger charge is 2.24. The third-order valence-electron chi connectivity index (χ3n) is 4.15. The molecule has 0 spiro atoms. The van der Waals surface area contributed by atoms with Gasteiger partial charge in [-0.1, -0.05) is 23.2 Å². The maximum Gasteiger partial charge on any atom is 0.199 e. The Morgan fingerprint density at radius 2 is 1.96 bits per heavy atom. The summed E-state index contributed by atoms with van der Waals surface area (Å²) in [6.45, 7) is 2.00. The predicted molar refractivity (Wildman–Crippen MR) is 96.5 cm³/mol. The van der Waals surface area contributed by atoms with E-state index in [1.807, 2.05) is 13.0 Å². The highest BCUT2D eigenvalue weighted by Crippen LogP contribution is 2.30. The lowest BCUT2D eigenvalue weighted by Gasteiger charge is -2.18. The van der Waals surface area contributed by atoms with E-state index in [9.17, 15) is 9.59 Å². The second-order valence-electron chi connectivity index (χ2n) is 5.95. The number of hydrogen-bond donors (Lipinski definition) is 0. The van der Waals surface area contributed by atoms with Crippen LogP contribution in [-0.4, -0.2) is 12.4 Å². The van der Waals surface area contributed by atoms with Gasteiger partial charge in [-0.25, -0.2) is 0 Å². The zero-order valence-electron chi connectivity index (χ0n) is 13.3. The summed E-state index contributed by atoms with van der Waals surface area (Å²) in [5, 5.41) is 0.944. The molecule has 1 aliphatic rings. The summed E-state index contributed by atoms with van der Waals surface area (Å²) in [6, 6.07) is 10.3. The molecule has 0 unspecified atom stereocenters. The topological polar surface area (TPSA) is 56.5 Å². The molecule has 0 amide bonds. The quantitative estimate of drug-likeness (QED) is 0.608. The lowest BCUT2D eigenvalue weighted by Crippen LogP contribution is -2.19. The Morgan fingerprint density at radius 3 is 2.80 bits per heavy atom. The third kappa shape index (κ3) is 2.75. The lowest BCUT2D eigenvalue weighted by atomic mass is 9.98. The van der Waals surface area contributed by atoms with Gasteiger partial charge in [-0.3, -0.25) is 9.59 Å². The molecule has 124 valence electrons. The van der Waals surface area contributed by atoms with E-state index in [0.29, 0.717) is 38.4 Å². The Morgan fingerprint density at radius 1 is 1.12 bits per heavy atom. The Hall–Kier alpha value is -2.85. The zero-order chi connectivity index (χ0) is 17.6. The first kappa shape index (κ1) is 15.7. The predicted octanol–water partition coefficient (Wildman–Crippen LogP) is 4.41. The van der Waals surface area contributed by atoms with Crippen LogP contribution >= 0.6 is 11.6 Å². The third-order valence-corrected chi connectivity index (χ3v) is 4.38. The molecule has 0 saturated carbocycles. The van der Waals surface area contributed by atoms with Crippen LogP contribution in [0.15, 0.2) is 57.4 Å². The minimum absolute atomic E-state index is 0.0960. The molecule has 0 saturated heterocycles. The summed E-state index contributed by atoms with van der Waals surface area (Å²) in [5.41, 5.74) is 2.39. The van der Waals surface area contributed by atoms with Crippen molar-refractivity contribution in [2.24, 2.45) is 0 Å². The molecule has 1 aliphatic heterocycles. The van der Waals surface area contributed by atoms with E-state index in [-0.39, 0.29) is 17.8 Å². The first-order valence-corrected chi connectivity index (χ1v) is 8.10. The fourth-order valence-electron chi connectivity index (χ4n) is 2.85. The molecule has 5 heteroatoms. The van der Waals surface area contributed by atoms with Gasteiger partial charge in [0.05, 0.1) is 16.5 Å². The number of rotatable bonds is 1. The number of ether oxygens (including phenoxy) is 1. The molecule has 2 aromatic carbocycles. The van der Waals surface area contributed by atoms with Gasteiger partial charge < -0.3 is 9.15 Å². The van der Waals surface area contributed by atoms with E-state index < -0.39 is 0 Å². The fourth-order valence-corrected chi connectivity index (χ4v) is 3.03. The van der Waals surface area contributed by atoms with E-state index in [1.54, 1.807) is 30.3 Å². The maximum absolute atomic E-state index is 12.7. The number of benzene rings is 2. The highest BCUT2D eigenvalue weighted by atomic mass is 35.5. The molecule has 4 nitrogen and oxygen atoms in total. The van der Waals surface area contributed by atoms with Gasteiger partial charge in [-0.05, 0) is 43.3 Å². The number of hydrogen-bond acceptors (Lipinski definition) is 4. The van der Waals surface area contributed by atoms with E-state index in [4.69, 9.17) is 20.8 Å². The number of carbonyl (C=O) groups excluding carboxylic acids is 1.